The summed E-state index contributed by atoms with van der Waals surface area (Å²) in [6, 6.07) is 0.324. The highest BCUT2D eigenvalue weighted by Crippen LogP contribution is 2.25. The Bertz CT molecular complexity index is 145. The summed E-state index contributed by atoms with van der Waals surface area (Å²) in [7, 11) is -4.64. The van der Waals surface area contributed by atoms with Gasteiger partial charge >= 0.3 is 7.82 Å². The van der Waals surface area contributed by atoms with Gasteiger partial charge in [-0.25, -0.2) is 4.57 Å². The fourth-order valence-corrected chi connectivity index (χ4v) is 0. The summed E-state index contributed by atoms with van der Waals surface area (Å²) in [6.07, 6.45) is 0. The van der Waals surface area contributed by atoms with Gasteiger partial charge in [-0.1, -0.05) is 0 Å². The minimum atomic E-state index is -4.64. The highest BCUT2D eigenvalue weighted by Gasteiger charge is 2.00. The topological polar surface area (TPSA) is 182 Å². The lowest BCUT2D eigenvalue weighted by atomic mass is 10.4. The van der Waals surface area contributed by atoms with Crippen LogP contribution >= 0.6 is 7.82 Å². The average Bonchev–Trinajstić information content (AvgIpc) is 2.02. The van der Waals surface area contributed by atoms with Gasteiger partial charge in [0.25, 0.3) is 0 Å². The minimum absolute atomic E-state index is 0.162. The lowest BCUT2D eigenvalue weighted by Crippen LogP contribution is -2.25. The molecule has 0 aliphatic heterocycles. The van der Waals surface area contributed by atoms with Crippen molar-refractivity contribution < 1.29 is 19.2 Å². The Labute approximate surface area is 89.9 Å². The van der Waals surface area contributed by atoms with Crippen LogP contribution in [0.5, 0.6) is 0 Å². The van der Waals surface area contributed by atoms with Crippen LogP contribution in [0.15, 0.2) is 0 Å². The molecule has 0 heterocycles. The van der Waals surface area contributed by atoms with E-state index < -0.39 is 7.82 Å². The third-order valence-corrected chi connectivity index (χ3v) is 0.744. The standard InChI is InChI=1S/2C3H10N2.H3O4P/c2*1-3(5)2-4;1-5(2,3)4/h2*3H,2,4-5H2,1H3;(H3,1,2,3,4). The average molecular weight is 246 g/mol. The molecule has 0 aliphatic carbocycles. The van der Waals surface area contributed by atoms with Gasteiger partial charge in [-0.15, -0.1) is 0 Å². The van der Waals surface area contributed by atoms with Crippen LogP contribution in [0.4, 0.5) is 0 Å². The molecule has 0 aromatic rings. The summed E-state index contributed by atoms with van der Waals surface area (Å²) >= 11 is 0. The Hall–Kier alpha value is -0.0500. The molecule has 0 aromatic carbocycles. The summed E-state index contributed by atoms with van der Waals surface area (Å²) in [4.78, 5) is 21.6. The fraction of sp³-hybridized carbons (Fsp3) is 1.00. The van der Waals surface area contributed by atoms with Gasteiger partial charge in [0.1, 0.15) is 0 Å². The van der Waals surface area contributed by atoms with Crippen LogP contribution in [0.1, 0.15) is 13.8 Å². The molecule has 0 saturated carbocycles. The van der Waals surface area contributed by atoms with Gasteiger partial charge in [-0.3, -0.25) is 0 Å². The zero-order chi connectivity index (χ0) is 13.1. The number of hydrogen-bond donors (Lipinski definition) is 7. The quantitative estimate of drug-likeness (QED) is 0.264. The number of nitrogens with two attached hydrogens (primary N) is 4. The van der Waals surface area contributed by atoms with E-state index in [1.807, 2.05) is 13.8 Å². The first-order valence-electron chi connectivity index (χ1n) is 4.24. The molecular weight excluding hydrogens is 223 g/mol. The molecule has 0 bridgehead atoms. The van der Waals surface area contributed by atoms with E-state index in [0.717, 1.165) is 0 Å². The largest absolute Gasteiger partial charge is 0.466 e. The molecule has 0 saturated heterocycles. The molecule has 0 fully saturated rings. The molecule has 96 valence electrons. The molecule has 8 nitrogen and oxygen atoms in total. The van der Waals surface area contributed by atoms with Crippen LogP contribution in [0.2, 0.25) is 0 Å². The predicted octanol–water partition coefficient (Wildman–Crippen LogP) is -2.34. The maximum absolute atomic E-state index is 8.88. The normalized spacial score (nSPS) is 13.9. The highest BCUT2D eigenvalue weighted by molar-refractivity contribution is 7.45. The Balaban J connectivity index is -0.000000144. The summed E-state index contributed by atoms with van der Waals surface area (Å²) in [6.45, 7) is 4.92. The van der Waals surface area contributed by atoms with Gasteiger partial charge in [-0.05, 0) is 13.8 Å². The van der Waals surface area contributed by atoms with Gasteiger partial charge in [-0.2, -0.15) is 0 Å². The summed E-state index contributed by atoms with van der Waals surface area (Å²) in [5.74, 6) is 0. The van der Waals surface area contributed by atoms with Gasteiger partial charge in [0, 0.05) is 25.2 Å². The highest BCUT2D eigenvalue weighted by atomic mass is 31.2. The molecular formula is C6H23N4O4P. The van der Waals surface area contributed by atoms with Crippen LogP contribution in [-0.4, -0.2) is 39.9 Å². The third-order valence-electron chi connectivity index (χ3n) is 0.744. The number of phosphoric acid groups is 1. The lowest BCUT2D eigenvalue weighted by molar-refractivity contribution is 0.275. The maximum Gasteiger partial charge on any atom is 0.466 e. The van der Waals surface area contributed by atoms with E-state index in [2.05, 4.69) is 0 Å². The molecule has 0 aliphatic rings. The number of hydrogen-bond acceptors (Lipinski definition) is 5. The van der Waals surface area contributed by atoms with Crippen LogP contribution in [0.3, 0.4) is 0 Å². The van der Waals surface area contributed by atoms with E-state index in [1.165, 1.54) is 0 Å². The number of rotatable bonds is 2. The Morgan fingerprint density at radius 2 is 1.07 bits per heavy atom. The Morgan fingerprint density at radius 3 is 1.07 bits per heavy atom. The first-order chi connectivity index (χ1) is 6.54. The minimum Gasteiger partial charge on any atom is -0.329 e. The van der Waals surface area contributed by atoms with Crippen molar-refractivity contribution in [2.75, 3.05) is 13.1 Å². The van der Waals surface area contributed by atoms with E-state index in [-0.39, 0.29) is 12.1 Å². The van der Waals surface area contributed by atoms with E-state index in [1.54, 1.807) is 0 Å². The van der Waals surface area contributed by atoms with Crippen molar-refractivity contribution in [3.05, 3.63) is 0 Å². The van der Waals surface area contributed by atoms with Gasteiger partial charge in [0.2, 0.25) is 0 Å². The van der Waals surface area contributed by atoms with Crippen molar-refractivity contribution >= 4 is 7.82 Å². The first kappa shape index (κ1) is 20.4. The second-order valence-corrected chi connectivity index (χ2v) is 3.97. The molecule has 0 spiro atoms. The second-order valence-electron chi connectivity index (χ2n) is 2.94. The fourth-order valence-electron chi connectivity index (χ4n) is 0. The van der Waals surface area contributed by atoms with Crippen LogP contribution in [-0.2, 0) is 4.57 Å². The Kier molecular flexibility index (Phi) is 16.3. The van der Waals surface area contributed by atoms with Gasteiger partial charge in [0.15, 0.2) is 0 Å². The molecule has 2 atom stereocenters. The summed E-state index contributed by atoms with van der Waals surface area (Å²) in [5, 5.41) is 0. The molecule has 11 N–H and O–H groups in total. The van der Waals surface area contributed by atoms with Crippen molar-refractivity contribution in [1.29, 1.82) is 0 Å². The Morgan fingerprint density at radius 1 is 1.00 bits per heavy atom. The van der Waals surface area contributed by atoms with Crippen LogP contribution in [0.25, 0.3) is 0 Å². The van der Waals surface area contributed by atoms with E-state index in [4.69, 9.17) is 42.2 Å². The summed E-state index contributed by atoms with van der Waals surface area (Å²) in [5.41, 5.74) is 20.4. The molecule has 15 heavy (non-hydrogen) atoms. The smallest absolute Gasteiger partial charge is 0.329 e. The molecule has 0 radical (unpaired) electrons. The van der Waals surface area contributed by atoms with Crippen molar-refractivity contribution in [2.45, 2.75) is 25.9 Å². The maximum atomic E-state index is 8.88. The summed E-state index contributed by atoms with van der Waals surface area (Å²) < 4.78 is 8.88. The van der Waals surface area contributed by atoms with Gasteiger partial charge in [0.05, 0.1) is 0 Å². The van der Waals surface area contributed by atoms with Crippen molar-refractivity contribution in [3.8, 4) is 0 Å². The molecule has 0 aromatic heterocycles. The lowest BCUT2D eigenvalue weighted by Gasteiger charge is -1.92. The first-order valence-corrected chi connectivity index (χ1v) is 5.80. The van der Waals surface area contributed by atoms with E-state index in [0.29, 0.717) is 13.1 Å². The van der Waals surface area contributed by atoms with Crippen LogP contribution < -0.4 is 22.9 Å². The predicted molar refractivity (Wildman–Crippen MR) is 59.7 cm³/mol. The van der Waals surface area contributed by atoms with Crippen LogP contribution in [0, 0.1) is 0 Å². The molecule has 2 unspecified atom stereocenters. The second kappa shape index (κ2) is 12.0. The zero-order valence-electron chi connectivity index (χ0n) is 9.08. The third kappa shape index (κ3) is 128. The molecule has 0 rings (SSSR count). The zero-order valence-corrected chi connectivity index (χ0v) is 9.97. The van der Waals surface area contributed by atoms with Crippen molar-refractivity contribution in [2.24, 2.45) is 22.9 Å². The van der Waals surface area contributed by atoms with E-state index >= 15 is 0 Å². The molecule has 9 heteroatoms. The monoisotopic (exact) mass is 246 g/mol. The van der Waals surface area contributed by atoms with Gasteiger partial charge < -0.3 is 37.6 Å². The van der Waals surface area contributed by atoms with Crippen molar-refractivity contribution in [3.63, 3.8) is 0 Å². The SMILES string of the molecule is CC(N)CN.CC(N)CN.O=P(O)(O)O. The molecule has 0 amide bonds. The van der Waals surface area contributed by atoms with E-state index in [9.17, 15) is 0 Å². The van der Waals surface area contributed by atoms with Crippen molar-refractivity contribution in [1.82, 2.24) is 0 Å².